The van der Waals surface area contributed by atoms with Crippen LogP contribution >= 0.6 is 34.8 Å². The van der Waals surface area contributed by atoms with Gasteiger partial charge >= 0.3 is 0 Å². The number of hydrogen-bond acceptors (Lipinski definition) is 4. The maximum absolute atomic E-state index is 13.1. The molecule has 3 atom stereocenters. The van der Waals surface area contributed by atoms with Gasteiger partial charge in [0, 0.05) is 16.8 Å². The summed E-state index contributed by atoms with van der Waals surface area (Å²) in [5.41, 5.74) is 4.90. The molecule has 1 aromatic rings. The summed E-state index contributed by atoms with van der Waals surface area (Å²) >= 11 is 18.4. The van der Waals surface area contributed by atoms with Crippen molar-refractivity contribution in [2.45, 2.75) is 17.2 Å². The molecule has 0 radical (unpaired) electrons. The zero-order valence-corrected chi connectivity index (χ0v) is 17.7. The molecule has 0 amide bonds. The van der Waals surface area contributed by atoms with Gasteiger partial charge in [0.05, 0.1) is 29.3 Å². The molecule has 0 aromatic heterocycles. The first-order chi connectivity index (χ1) is 12.9. The number of nitrogens with zero attached hydrogens (tertiary/aromatic N) is 2. The SMILES string of the molecule is C=CC(Cl)C=C(Cl)C(Cl)CCS(=O)(=Nc1cccc2c1N=CC=C=C2)OC. The quantitative estimate of drug-likeness (QED) is 0.274. The fourth-order valence-electron chi connectivity index (χ4n) is 2.20. The Morgan fingerprint density at radius 2 is 2.26 bits per heavy atom. The molecule has 2 rings (SSSR count). The molecule has 27 heavy (non-hydrogen) atoms. The van der Waals surface area contributed by atoms with E-state index in [4.69, 9.17) is 39.0 Å². The number of halogens is 3. The standard InChI is InChI=1S/C19H19Cl3N2O2S/c1-3-15(20)13-17(22)16(21)10-12-27(25,26-2)24-18-9-6-8-14-7-4-5-11-23-19(14)18/h3,5-9,11,13,15-16H,1,10,12H2,2H3. The van der Waals surface area contributed by atoms with Gasteiger partial charge in [0.25, 0.3) is 0 Å². The lowest BCUT2D eigenvalue weighted by Gasteiger charge is -2.13. The smallest absolute Gasteiger partial charge is 0.168 e. The molecule has 3 unspecified atom stereocenters. The van der Waals surface area contributed by atoms with Gasteiger partial charge in [-0.3, -0.25) is 9.18 Å². The lowest BCUT2D eigenvalue weighted by Crippen LogP contribution is -2.13. The second-order valence-electron chi connectivity index (χ2n) is 5.50. The van der Waals surface area contributed by atoms with Gasteiger partial charge in [0.15, 0.2) is 10.0 Å². The van der Waals surface area contributed by atoms with Crippen molar-refractivity contribution in [3.05, 3.63) is 59.3 Å². The van der Waals surface area contributed by atoms with Crippen molar-refractivity contribution in [2.75, 3.05) is 12.9 Å². The first-order valence-corrected chi connectivity index (χ1v) is 10.9. The summed E-state index contributed by atoms with van der Waals surface area (Å²) in [6.07, 6.45) is 8.51. The third kappa shape index (κ3) is 6.35. The van der Waals surface area contributed by atoms with Crippen LogP contribution in [0.4, 0.5) is 11.4 Å². The predicted octanol–water partition coefficient (Wildman–Crippen LogP) is 6.15. The van der Waals surface area contributed by atoms with Crippen LogP contribution < -0.4 is 0 Å². The van der Waals surface area contributed by atoms with Crippen molar-refractivity contribution in [2.24, 2.45) is 9.36 Å². The number of fused-ring (bicyclic) bond motifs is 1. The summed E-state index contributed by atoms with van der Waals surface area (Å²) in [6.45, 7) is 3.58. The molecule has 0 aliphatic carbocycles. The van der Waals surface area contributed by atoms with E-state index in [0.717, 1.165) is 5.56 Å². The van der Waals surface area contributed by atoms with Crippen molar-refractivity contribution in [1.29, 1.82) is 0 Å². The number of alkyl halides is 2. The largest absolute Gasteiger partial charge is 0.288 e. The Morgan fingerprint density at radius 3 is 2.96 bits per heavy atom. The summed E-state index contributed by atoms with van der Waals surface area (Å²) in [5.74, 6) is 0.101. The van der Waals surface area contributed by atoms with Crippen molar-refractivity contribution in [3.8, 4) is 0 Å². The highest BCUT2D eigenvalue weighted by Gasteiger charge is 2.17. The molecule has 8 heteroatoms. The Hall–Kier alpha value is -1.33. The number of allylic oxidation sites excluding steroid dienone is 4. The van der Waals surface area contributed by atoms with E-state index in [9.17, 15) is 4.21 Å². The van der Waals surface area contributed by atoms with E-state index < -0.39 is 20.8 Å². The van der Waals surface area contributed by atoms with Crippen molar-refractivity contribution < 1.29 is 8.39 Å². The van der Waals surface area contributed by atoms with Gasteiger partial charge < -0.3 is 0 Å². The first-order valence-electron chi connectivity index (χ1n) is 8.05. The van der Waals surface area contributed by atoms with Crippen LogP contribution in [0, 0.1) is 0 Å². The van der Waals surface area contributed by atoms with Crippen LogP contribution in [0.3, 0.4) is 0 Å². The Labute approximate surface area is 175 Å². The third-order valence-corrected chi connectivity index (χ3v) is 6.64. The normalized spacial score (nSPS) is 17.6. The third-order valence-electron chi connectivity index (χ3n) is 3.63. The van der Waals surface area contributed by atoms with Crippen molar-refractivity contribution >= 4 is 68.5 Å². The van der Waals surface area contributed by atoms with Crippen LogP contribution in [0.25, 0.3) is 6.08 Å². The second-order valence-corrected chi connectivity index (χ2v) is 9.06. The molecule has 1 heterocycles. The number of benzene rings is 1. The van der Waals surface area contributed by atoms with Gasteiger partial charge in [-0.25, -0.2) is 4.21 Å². The highest BCUT2D eigenvalue weighted by Crippen LogP contribution is 2.34. The van der Waals surface area contributed by atoms with Crippen LogP contribution in [0.1, 0.15) is 12.0 Å². The zero-order chi connectivity index (χ0) is 19.9. The van der Waals surface area contributed by atoms with Gasteiger partial charge in [-0.05, 0) is 30.7 Å². The number of rotatable bonds is 8. The van der Waals surface area contributed by atoms with Gasteiger partial charge in [-0.15, -0.1) is 35.5 Å². The zero-order valence-electron chi connectivity index (χ0n) is 14.6. The molecule has 4 nitrogen and oxygen atoms in total. The molecule has 0 saturated carbocycles. The van der Waals surface area contributed by atoms with Gasteiger partial charge in [-0.1, -0.05) is 29.8 Å². The minimum absolute atomic E-state index is 0.101. The molecule has 0 fully saturated rings. The summed E-state index contributed by atoms with van der Waals surface area (Å²) in [6, 6.07) is 5.43. The Bertz CT molecular complexity index is 940. The second kappa shape index (κ2) is 10.3. The van der Waals surface area contributed by atoms with Crippen molar-refractivity contribution in [3.63, 3.8) is 0 Å². The van der Waals surface area contributed by atoms with Crippen LogP contribution in [0.5, 0.6) is 0 Å². The van der Waals surface area contributed by atoms with E-state index >= 15 is 0 Å². The minimum atomic E-state index is -3.00. The van der Waals surface area contributed by atoms with Gasteiger partial charge in [0.2, 0.25) is 0 Å². The Morgan fingerprint density at radius 1 is 1.48 bits per heavy atom. The van der Waals surface area contributed by atoms with Crippen molar-refractivity contribution in [1.82, 2.24) is 0 Å². The summed E-state index contributed by atoms with van der Waals surface area (Å²) < 4.78 is 22.6. The molecule has 0 N–H and O–H groups in total. The van der Waals surface area contributed by atoms with Crippen LogP contribution in [0.2, 0.25) is 0 Å². The molecular formula is C19H19Cl3N2O2S. The average Bonchev–Trinajstić information content (AvgIpc) is 2.92. The van der Waals surface area contributed by atoms with E-state index in [1.165, 1.54) is 13.2 Å². The van der Waals surface area contributed by atoms with E-state index in [2.05, 4.69) is 21.7 Å². The van der Waals surface area contributed by atoms with Crippen LogP contribution in [-0.4, -0.2) is 34.0 Å². The molecule has 1 aliphatic rings. The number of para-hydroxylation sites is 1. The van der Waals surface area contributed by atoms with Crippen LogP contribution in [-0.2, 0) is 14.2 Å². The van der Waals surface area contributed by atoms with E-state index in [1.54, 1.807) is 30.5 Å². The summed E-state index contributed by atoms with van der Waals surface area (Å²) in [4.78, 5) is 4.34. The highest BCUT2D eigenvalue weighted by atomic mass is 35.5. The molecule has 1 aromatic carbocycles. The Balaban J connectivity index is 2.26. The van der Waals surface area contributed by atoms with E-state index in [-0.39, 0.29) is 5.75 Å². The minimum Gasteiger partial charge on any atom is -0.288 e. The fourth-order valence-corrected chi connectivity index (χ4v) is 4.27. The molecule has 0 spiro atoms. The lowest BCUT2D eigenvalue weighted by atomic mass is 10.1. The first kappa shape index (κ1) is 22.0. The van der Waals surface area contributed by atoms with E-state index in [0.29, 0.717) is 22.8 Å². The topological polar surface area (TPSA) is 51.0 Å². The molecule has 0 bridgehead atoms. The summed E-state index contributed by atoms with van der Waals surface area (Å²) in [7, 11) is -1.65. The molecule has 1 aliphatic heterocycles. The monoisotopic (exact) mass is 444 g/mol. The van der Waals surface area contributed by atoms with Crippen LogP contribution in [0.15, 0.2) is 63.1 Å². The maximum Gasteiger partial charge on any atom is 0.168 e. The highest BCUT2D eigenvalue weighted by molar-refractivity contribution is 7.89. The van der Waals surface area contributed by atoms with E-state index in [1.807, 2.05) is 12.1 Å². The summed E-state index contributed by atoms with van der Waals surface area (Å²) in [5, 5.41) is -0.615. The molecule has 0 saturated heterocycles. The predicted molar refractivity (Wildman–Crippen MR) is 117 cm³/mol. The number of aliphatic imine (C=N–C) groups is 1. The molecular weight excluding hydrogens is 427 g/mol. The average molecular weight is 446 g/mol. The maximum atomic E-state index is 13.1. The lowest BCUT2D eigenvalue weighted by molar-refractivity contribution is 0.435. The molecule has 144 valence electrons. The van der Waals surface area contributed by atoms with Gasteiger partial charge in [-0.2, -0.15) is 4.36 Å². The van der Waals surface area contributed by atoms with Gasteiger partial charge in [0.1, 0.15) is 5.69 Å². The fraction of sp³-hybridized carbons (Fsp3) is 0.263. The number of hydrogen-bond donors (Lipinski definition) is 0. The Kier molecular flexibility index (Phi) is 8.36.